The van der Waals surface area contributed by atoms with Crippen LogP contribution in [-0.4, -0.2) is 38.3 Å². The minimum Gasteiger partial charge on any atom is -0.383 e. The van der Waals surface area contributed by atoms with Crippen LogP contribution >= 0.6 is 0 Å². The quantitative estimate of drug-likeness (QED) is 0.797. The second-order valence-corrected chi connectivity index (χ2v) is 5.63. The van der Waals surface area contributed by atoms with Crippen LogP contribution in [0.5, 0.6) is 0 Å². The number of hydrogen-bond acceptors (Lipinski definition) is 3. The number of nitrogens with two attached hydrogens (primary N) is 1. The number of hydrogen-bond donors (Lipinski definition) is 1. The molecule has 0 saturated carbocycles. The highest BCUT2D eigenvalue weighted by molar-refractivity contribution is 5.30. The molecule has 0 radical (unpaired) electrons. The Kier molecular flexibility index (Phi) is 7.13. The standard InChI is InChI=1S/C16H27FN2O/c1-12(2)11-19(7-8-20-4)16(10-18)15-9-14(17)6-5-13(15)3/h5-6,9,12,16H,7-8,10-11,18H2,1-4H3. The minimum atomic E-state index is -0.208. The van der Waals surface area contributed by atoms with E-state index < -0.39 is 0 Å². The van der Waals surface area contributed by atoms with Crippen LogP contribution < -0.4 is 5.73 Å². The summed E-state index contributed by atoms with van der Waals surface area (Å²) < 4.78 is 18.7. The molecule has 20 heavy (non-hydrogen) atoms. The fraction of sp³-hybridized carbons (Fsp3) is 0.625. The number of methoxy groups -OCH3 is 1. The van der Waals surface area contributed by atoms with Crippen molar-refractivity contribution in [2.24, 2.45) is 11.7 Å². The largest absolute Gasteiger partial charge is 0.383 e. The van der Waals surface area contributed by atoms with Crippen molar-refractivity contribution in [2.45, 2.75) is 26.8 Å². The molecule has 0 aliphatic heterocycles. The Labute approximate surface area is 121 Å². The lowest BCUT2D eigenvalue weighted by atomic mass is 9.98. The summed E-state index contributed by atoms with van der Waals surface area (Å²) in [7, 11) is 1.69. The molecule has 0 amide bonds. The van der Waals surface area contributed by atoms with Gasteiger partial charge in [-0.1, -0.05) is 19.9 Å². The van der Waals surface area contributed by atoms with Gasteiger partial charge in [0.15, 0.2) is 0 Å². The number of halogens is 1. The molecule has 0 aliphatic carbocycles. The van der Waals surface area contributed by atoms with E-state index in [9.17, 15) is 4.39 Å². The van der Waals surface area contributed by atoms with Crippen LogP contribution in [0.4, 0.5) is 4.39 Å². The smallest absolute Gasteiger partial charge is 0.123 e. The van der Waals surface area contributed by atoms with E-state index in [2.05, 4.69) is 18.7 Å². The first kappa shape index (κ1) is 17.1. The third-order valence-electron chi connectivity index (χ3n) is 3.45. The van der Waals surface area contributed by atoms with Gasteiger partial charge in [0.2, 0.25) is 0 Å². The zero-order valence-electron chi connectivity index (χ0n) is 13.0. The lowest BCUT2D eigenvalue weighted by Crippen LogP contribution is -2.38. The monoisotopic (exact) mass is 282 g/mol. The van der Waals surface area contributed by atoms with Gasteiger partial charge in [-0.2, -0.15) is 0 Å². The van der Waals surface area contributed by atoms with Crippen molar-refractivity contribution in [3.63, 3.8) is 0 Å². The van der Waals surface area contributed by atoms with Gasteiger partial charge in [0.25, 0.3) is 0 Å². The Balaban J connectivity index is 3.01. The molecule has 4 heteroatoms. The van der Waals surface area contributed by atoms with Crippen molar-refractivity contribution in [3.8, 4) is 0 Å². The molecular weight excluding hydrogens is 255 g/mol. The van der Waals surface area contributed by atoms with E-state index in [-0.39, 0.29) is 11.9 Å². The molecule has 0 bridgehead atoms. The topological polar surface area (TPSA) is 38.5 Å². The highest BCUT2D eigenvalue weighted by Crippen LogP contribution is 2.24. The van der Waals surface area contributed by atoms with Crippen LogP contribution in [0, 0.1) is 18.7 Å². The van der Waals surface area contributed by atoms with Crippen molar-refractivity contribution in [3.05, 3.63) is 35.1 Å². The molecule has 1 rings (SSSR count). The zero-order valence-corrected chi connectivity index (χ0v) is 13.0. The van der Waals surface area contributed by atoms with Crippen LogP contribution in [0.15, 0.2) is 18.2 Å². The Bertz CT molecular complexity index is 409. The van der Waals surface area contributed by atoms with Crippen LogP contribution in [0.3, 0.4) is 0 Å². The first-order chi connectivity index (χ1) is 9.49. The molecule has 0 heterocycles. The van der Waals surface area contributed by atoms with E-state index in [0.29, 0.717) is 19.1 Å². The van der Waals surface area contributed by atoms with Gasteiger partial charge in [0.1, 0.15) is 5.82 Å². The number of nitrogens with zero attached hydrogens (tertiary/aromatic N) is 1. The van der Waals surface area contributed by atoms with Crippen molar-refractivity contribution < 1.29 is 9.13 Å². The van der Waals surface area contributed by atoms with E-state index in [1.165, 1.54) is 6.07 Å². The van der Waals surface area contributed by atoms with Gasteiger partial charge in [-0.05, 0) is 36.1 Å². The normalized spacial score (nSPS) is 13.2. The second-order valence-electron chi connectivity index (χ2n) is 5.63. The van der Waals surface area contributed by atoms with E-state index in [4.69, 9.17) is 10.5 Å². The van der Waals surface area contributed by atoms with Crippen molar-refractivity contribution in [1.82, 2.24) is 4.90 Å². The summed E-state index contributed by atoms with van der Waals surface area (Å²) in [6, 6.07) is 4.95. The molecule has 3 nitrogen and oxygen atoms in total. The Morgan fingerprint density at radius 1 is 1.35 bits per heavy atom. The summed E-state index contributed by atoms with van der Waals surface area (Å²) in [6.45, 7) is 9.19. The van der Waals surface area contributed by atoms with Gasteiger partial charge < -0.3 is 10.5 Å². The fourth-order valence-electron chi connectivity index (χ4n) is 2.49. The molecule has 1 aromatic carbocycles. The average molecular weight is 282 g/mol. The Morgan fingerprint density at radius 2 is 2.05 bits per heavy atom. The van der Waals surface area contributed by atoms with Gasteiger partial charge in [-0.25, -0.2) is 4.39 Å². The van der Waals surface area contributed by atoms with Crippen LogP contribution in [-0.2, 0) is 4.74 Å². The van der Waals surface area contributed by atoms with Crippen molar-refractivity contribution in [2.75, 3.05) is 33.4 Å². The van der Waals surface area contributed by atoms with Crippen LogP contribution in [0.25, 0.3) is 0 Å². The first-order valence-corrected chi connectivity index (χ1v) is 7.18. The summed E-state index contributed by atoms with van der Waals surface area (Å²) in [5.74, 6) is 0.315. The third-order valence-corrected chi connectivity index (χ3v) is 3.45. The maximum atomic E-state index is 13.5. The first-order valence-electron chi connectivity index (χ1n) is 7.18. The highest BCUT2D eigenvalue weighted by atomic mass is 19.1. The molecule has 1 aromatic rings. The molecule has 0 saturated heterocycles. The van der Waals surface area contributed by atoms with Gasteiger partial charge >= 0.3 is 0 Å². The number of aryl methyl sites for hydroxylation is 1. The minimum absolute atomic E-state index is 0.0308. The molecule has 114 valence electrons. The zero-order chi connectivity index (χ0) is 15.1. The molecule has 0 aliphatic rings. The predicted octanol–water partition coefficient (Wildman–Crippen LogP) is 2.74. The average Bonchev–Trinajstić information content (AvgIpc) is 2.40. The van der Waals surface area contributed by atoms with E-state index in [1.54, 1.807) is 13.2 Å². The van der Waals surface area contributed by atoms with Crippen LogP contribution in [0.1, 0.15) is 31.0 Å². The lowest BCUT2D eigenvalue weighted by Gasteiger charge is -2.33. The molecular formula is C16H27FN2O. The summed E-state index contributed by atoms with van der Waals surface area (Å²) in [6.07, 6.45) is 0. The Hall–Kier alpha value is -0.970. The molecule has 1 unspecified atom stereocenters. The number of benzene rings is 1. The summed E-state index contributed by atoms with van der Waals surface area (Å²) >= 11 is 0. The maximum absolute atomic E-state index is 13.5. The summed E-state index contributed by atoms with van der Waals surface area (Å²) in [5, 5.41) is 0. The predicted molar refractivity (Wildman–Crippen MR) is 81.2 cm³/mol. The van der Waals surface area contributed by atoms with E-state index >= 15 is 0 Å². The van der Waals surface area contributed by atoms with E-state index in [0.717, 1.165) is 24.2 Å². The fourth-order valence-corrected chi connectivity index (χ4v) is 2.49. The van der Waals surface area contributed by atoms with Gasteiger partial charge in [-0.15, -0.1) is 0 Å². The van der Waals surface area contributed by atoms with Crippen molar-refractivity contribution in [1.29, 1.82) is 0 Å². The van der Waals surface area contributed by atoms with Gasteiger partial charge in [0, 0.05) is 32.8 Å². The second kappa shape index (κ2) is 8.35. The molecule has 1 atom stereocenters. The van der Waals surface area contributed by atoms with E-state index in [1.807, 2.05) is 13.0 Å². The maximum Gasteiger partial charge on any atom is 0.123 e. The summed E-state index contributed by atoms with van der Waals surface area (Å²) in [5.41, 5.74) is 8.02. The summed E-state index contributed by atoms with van der Waals surface area (Å²) in [4.78, 5) is 2.29. The third kappa shape index (κ3) is 4.85. The SMILES string of the molecule is COCCN(CC(C)C)C(CN)c1cc(F)ccc1C. The highest BCUT2D eigenvalue weighted by Gasteiger charge is 2.21. The lowest BCUT2D eigenvalue weighted by molar-refractivity contribution is 0.111. The van der Waals surface area contributed by atoms with Crippen molar-refractivity contribution >= 4 is 0 Å². The number of ether oxygens (including phenoxy) is 1. The molecule has 0 fully saturated rings. The molecule has 2 N–H and O–H groups in total. The van der Waals surface area contributed by atoms with Crippen LogP contribution in [0.2, 0.25) is 0 Å². The molecule has 0 aromatic heterocycles. The molecule has 0 spiro atoms. The van der Waals surface area contributed by atoms with Gasteiger partial charge in [0.05, 0.1) is 6.61 Å². The van der Waals surface area contributed by atoms with Gasteiger partial charge in [-0.3, -0.25) is 4.90 Å². The Morgan fingerprint density at radius 3 is 2.60 bits per heavy atom. The number of rotatable bonds is 8.